The van der Waals surface area contributed by atoms with Gasteiger partial charge in [-0.3, -0.25) is 0 Å². The lowest BCUT2D eigenvalue weighted by molar-refractivity contribution is 0.288. The molecule has 5 nitrogen and oxygen atoms in total. The molecule has 0 amide bonds. The minimum absolute atomic E-state index is 0.661. The molecule has 1 aliphatic rings. The Morgan fingerprint density at radius 3 is 3.00 bits per heavy atom. The Kier molecular flexibility index (Phi) is 3.03. The van der Waals surface area contributed by atoms with Crippen LogP contribution in [0.5, 0.6) is 5.75 Å². The van der Waals surface area contributed by atoms with Crippen molar-refractivity contribution in [3.05, 3.63) is 29.6 Å². The van der Waals surface area contributed by atoms with Gasteiger partial charge >= 0.3 is 0 Å². The fourth-order valence-corrected chi connectivity index (χ4v) is 2.28. The standard InChI is InChI=1S/C14H16N4O/c1-9-16-14(15-2)13(18-17-9)11-5-6-12-10(8-11)4-3-7-19-12/h5-6,8H,3-4,7H2,1-2H3,(H,15,16,17). The summed E-state index contributed by atoms with van der Waals surface area (Å²) in [5.74, 6) is 2.40. The van der Waals surface area contributed by atoms with Crippen LogP contribution >= 0.6 is 0 Å². The number of fused-ring (bicyclic) bond motifs is 1. The minimum atomic E-state index is 0.661. The van der Waals surface area contributed by atoms with Crippen LogP contribution in [0.25, 0.3) is 11.3 Å². The number of ether oxygens (including phenoxy) is 1. The molecule has 1 aromatic heterocycles. The number of nitrogens with one attached hydrogen (secondary N) is 1. The highest BCUT2D eigenvalue weighted by atomic mass is 16.5. The summed E-state index contributed by atoms with van der Waals surface area (Å²) in [4.78, 5) is 4.36. The SMILES string of the molecule is CNc1nc(C)nnc1-c1ccc2c(c1)CCCO2. The van der Waals surface area contributed by atoms with Gasteiger partial charge in [-0.25, -0.2) is 4.98 Å². The van der Waals surface area contributed by atoms with E-state index in [1.54, 1.807) is 0 Å². The Labute approximate surface area is 112 Å². The molecule has 0 fully saturated rings. The number of benzene rings is 1. The maximum atomic E-state index is 5.62. The highest BCUT2D eigenvalue weighted by molar-refractivity contribution is 5.72. The molecule has 0 aliphatic carbocycles. The summed E-state index contributed by atoms with van der Waals surface area (Å²) in [5.41, 5.74) is 3.03. The van der Waals surface area contributed by atoms with E-state index in [4.69, 9.17) is 4.74 Å². The van der Waals surface area contributed by atoms with Gasteiger partial charge in [-0.1, -0.05) is 0 Å². The van der Waals surface area contributed by atoms with Crippen molar-refractivity contribution in [3.8, 4) is 17.0 Å². The lowest BCUT2D eigenvalue weighted by atomic mass is 10.0. The number of hydrogen-bond acceptors (Lipinski definition) is 5. The van der Waals surface area contributed by atoms with Crippen molar-refractivity contribution in [1.29, 1.82) is 0 Å². The first-order chi connectivity index (χ1) is 9.28. The van der Waals surface area contributed by atoms with E-state index in [1.165, 1.54) is 5.56 Å². The number of hydrogen-bond donors (Lipinski definition) is 1. The predicted molar refractivity (Wildman–Crippen MR) is 73.4 cm³/mol. The molecule has 0 radical (unpaired) electrons. The minimum Gasteiger partial charge on any atom is -0.493 e. The summed E-state index contributed by atoms with van der Waals surface area (Å²) in [6.45, 7) is 2.64. The molecule has 3 rings (SSSR count). The van der Waals surface area contributed by atoms with Gasteiger partial charge in [0.2, 0.25) is 0 Å². The third-order valence-electron chi connectivity index (χ3n) is 3.21. The van der Waals surface area contributed by atoms with Gasteiger partial charge < -0.3 is 10.1 Å². The lowest BCUT2D eigenvalue weighted by Gasteiger charge is -2.18. The Hall–Kier alpha value is -2.17. The van der Waals surface area contributed by atoms with Crippen molar-refractivity contribution in [3.63, 3.8) is 0 Å². The molecule has 0 saturated heterocycles. The normalized spacial score (nSPS) is 13.6. The van der Waals surface area contributed by atoms with Crippen LogP contribution in [-0.4, -0.2) is 28.8 Å². The molecule has 1 aliphatic heterocycles. The highest BCUT2D eigenvalue weighted by Gasteiger charge is 2.14. The van der Waals surface area contributed by atoms with Gasteiger partial charge in [0.1, 0.15) is 17.3 Å². The van der Waals surface area contributed by atoms with Gasteiger partial charge in [0.25, 0.3) is 0 Å². The first-order valence-corrected chi connectivity index (χ1v) is 6.43. The number of rotatable bonds is 2. The smallest absolute Gasteiger partial charge is 0.156 e. The summed E-state index contributed by atoms with van der Waals surface area (Å²) in [6, 6.07) is 6.13. The zero-order valence-electron chi connectivity index (χ0n) is 11.1. The molecule has 2 heterocycles. The molecule has 0 bridgehead atoms. The van der Waals surface area contributed by atoms with Gasteiger partial charge in [-0.15, -0.1) is 10.2 Å². The fraction of sp³-hybridized carbons (Fsp3) is 0.357. The van der Waals surface area contributed by atoms with Crippen LogP contribution in [-0.2, 0) is 6.42 Å². The number of aryl methyl sites for hydroxylation is 2. The van der Waals surface area contributed by atoms with Crippen molar-refractivity contribution in [2.75, 3.05) is 19.0 Å². The van der Waals surface area contributed by atoms with Crippen LogP contribution in [0.3, 0.4) is 0 Å². The molecule has 1 N–H and O–H groups in total. The first-order valence-electron chi connectivity index (χ1n) is 6.43. The largest absolute Gasteiger partial charge is 0.493 e. The van der Waals surface area contributed by atoms with Gasteiger partial charge in [0.15, 0.2) is 5.82 Å². The summed E-state index contributed by atoms with van der Waals surface area (Å²) in [7, 11) is 1.84. The molecule has 98 valence electrons. The summed E-state index contributed by atoms with van der Waals surface area (Å²) < 4.78 is 5.62. The average Bonchev–Trinajstić information content (AvgIpc) is 2.46. The molecule has 5 heteroatoms. The molecule has 0 atom stereocenters. The first kappa shape index (κ1) is 11.9. The maximum absolute atomic E-state index is 5.62. The second kappa shape index (κ2) is 4.84. The maximum Gasteiger partial charge on any atom is 0.156 e. The van der Waals surface area contributed by atoms with E-state index < -0.39 is 0 Å². The zero-order valence-corrected chi connectivity index (χ0v) is 11.1. The Morgan fingerprint density at radius 1 is 1.26 bits per heavy atom. The van der Waals surface area contributed by atoms with Crippen LogP contribution in [0.1, 0.15) is 17.8 Å². The van der Waals surface area contributed by atoms with Crippen molar-refractivity contribution in [2.45, 2.75) is 19.8 Å². The number of aromatic nitrogens is 3. The summed E-state index contributed by atoms with van der Waals surface area (Å²) in [6.07, 6.45) is 2.11. The van der Waals surface area contributed by atoms with E-state index in [-0.39, 0.29) is 0 Å². The molecular weight excluding hydrogens is 240 g/mol. The Morgan fingerprint density at radius 2 is 2.16 bits per heavy atom. The fourth-order valence-electron chi connectivity index (χ4n) is 2.28. The van der Waals surface area contributed by atoms with Crippen molar-refractivity contribution in [2.24, 2.45) is 0 Å². The van der Waals surface area contributed by atoms with E-state index in [0.717, 1.165) is 42.3 Å². The third-order valence-corrected chi connectivity index (χ3v) is 3.21. The van der Waals surface area contributed by atoms with E-state index in [2.05, 4.69) is 26.6 Å². The van der Waals surface area contributed by atoms with E-state index in [1.807, 2.05) is 26.1 Å². The van der Waals surface area contributed by atoms with Crippen molar-refractivity contribution in [1.82, 2.24) is 15.2 Å². The molecule has 0 unspecified atom stereocenters. The van der Waals surface area contributed by atoms with Crippen LogP contribution in [0.15, 0.2) is 18.2 Å². The van der Waals surface area contributed by atoms with E-state index in [9.17, 15) is 0 Å². The molecule has 19 heavy (non-hydrogen) atoms. The van der Waals surface area contributed by atoms with Crippen molar-refractivity contribution >= 4 is 5.82 Å². The topological polar surface area (TPSA) is 59.9 Å². The quantitative estimate of drug-likeness (QED) is 0.892. The van der Waals surface area contributed by atoms with Crippen LogP contribution in [0, 0.1) is 6.92 Å². The predicted octanol–water partition coefficient (Wildman–Crippen LogP) is 2.21. The second-order valence-corrected chi connectivity index (χ2v) is 4.58. The third kappa shape index (κ3) is 2.23. The summed E-state index contributed by atoms with van der Waals surface area (Å²) in [5, 5.41) is 11.4. The van der Waals surface area contributed by atoms with Crippen LogP contribution < -0.4 is 10.1 Å². The van der Waals surface area contributed by atoms with Gasteiger partial charge in [0.05, 0.1) is 6.61 Å². The monoisotopic (exact) mass is 256 g/mol. The highest BCUT2D eigenvalue weighted by Crippen LogP contribution is 2.31. The van der Waals surface area contributed by atoms with Gasteiger partial charge in [-0.2, -0.15) is 0 Å². The van der Waals surface area contributed by atoms with E-state index >= 15 is 0 Å². The molecule has 0 saturated carbocycles. The molecule has 2 aromatic rings. The average molecular weight is 256 g/mol. The van der Waals surface area contributed by atoms with E-state index in [0.29, 0.717) is 5.82 Å². The van der Waals surface area contributed by atoms with Gasteiger partial charge in [-0.05, 0) is 43.5 Å². The Balaban J connectivity index is 2.07. The van der Waals surface area contributed by atoms with Crippen LogP contribution in [0.2, 0.25) is 0 Å². The zero-order chi connectivity index (χ0) is 13.2. The summed E-state index contributed by atoms with van der Waals surface area (Å²) >= 11 is 0. The molecule has 1 aromatic carbocycles. The van der Waals surface area contributed by atoms with Crippen molar-refractivity contribution < 1.29 is 4.74 Å². The Bertz CT molecular complexity index is 612. The molecule has 0 spiro atoms. The molecular formula is C14H16N4O. The number of nitrogens with zero attached hydrogens (tertiary/aromatic N) is 3. The van der Waals surface area contributed by atoms with Gasteiger partial charge in [0, 0.05) is 12.6 Å². The van der Waals surface area contributed by atoms with Crippen LogP contribution in [0.4, 0.5) is 5.82 Å². The lowest BCUT2D eigenvalue weighted by Crippen LogP contribution is -2.08. The number of anilines is 1. The second-order valence-electron chi connectivity index (χ2n) is 4.58.